The number of methoxy groups -OCH3 is 1. The van der Waals surface area contributed by atoms with Crippen LogP contribution in [0.5, 0.6) is 11.5 Å². The van der Waals surface area contributed by atoms with E-state index in [1.807, 2.05) is 18.2 Å². The minimum atomic E-state index is -0.516. The van der Waals surface area contributed by atoms with Gasteiger partial charge in [0, 0.05) is 11.6 Å². The zero-order valence-electron chi connectivity index (χ0n) is 17.9. The fourth-order valence-corrected chi connectivity index (χ4v) is 3.35. The van der Waals surface area contributed by atoms with E-state index in [9.17, 15) is 9.59 Å². The third-order valence-electron chi connectivity index (χ3n) is 4.20. The van der Waals surface area contributed by atoms with Crippen LogP contribution in [0.2, 0.25) is 0 Å². The Bertz CT molecular complexity index is 929. The zero-order valence-corrected chi connectivity index (χ0v) is 21.1. The molecule has 0 atom stereocenters. The molecule has 2 rings (SSSR count). The molecule has 0 saturated heterocycles. The van der Waals surface area contributed by atoms with E-state index in [4.69, 9.17) is 14.2 Å². The Balaban J connectivity index is 1.92. The summed E-state index contributed by atoms with van der Waals surface area (Å²) in [6.45, 7) is 6.77. The Labute approximate surface area is 199 Å². The number of hydrazine groups is 1. The molecule has 2 aromatic rings. The van der Waals surface area contributed by atoms with Gasteiger partial charge in [0.15, 0.2) is 6.61 Å². The number of carbonyl (C=O) groups is 2. The highest BCUT2D eigenvalue weighted by Gasteiger charge is 2.17. The lowest BCUT2D eigenvalue weighted by atomic mass is 9.87. The fourth-order valence-electron chi connectivity index (χ4n) is 2.50. The molecular formula is C22H26Br2N2O5. The van der Waals surface area contributed by atoms with Crippen LogP contribution in [-0.4, -0.2) is 38.7 Å². The van der Waals surface area contributed by atoms with Crippen molar-refractivity contribution in [2.24, 2.45) is 0 Å². The highest BCUT2D eigenvalue weighted by molar-refractivity contribution is 9.10. The summed E-state index contributed by atoms with van der Waals surface area (Å²) in [5, 5.41) is 0. The van der Waals surface area contributed by atoms with Gasteiger partial charge in [-0.1, -0.05) is 42.8 Å². The number of nitrogens with one attached hydrogen (secondary N) is 2. The summed E-state index contributed by atoms with van der Waals surface area (Å²) in [6, 6.07) is 10.8. The third kappa shape index (κ3) is 7.83. The number of halogens is 2. The lowest BCUT2D eigenvalue weighted by molar-refractivity contribution is -0.123. The van der Waals surface area contributed by atoms with Gasteiger partial charge in [0.25, 0.3) is 11.8 Å². The molecule has 0 aromatic heterocycles. The van der Waals surface area contributed by atoms with Crippen molar-refractivity contribution in [3.63, 3.8) is 0 Å². The van der Waals surface area contributed by atoms with E-state index < -0.39 is 11.8 Å². The van der Waals surface area contributed by atoms with Crippen molar-refractivity contribution in [1.82, 2.24) is 10.9 Å². The van der Waals surface area contributed by atoms with Crippen molar-refractivity contribution in [3.05, 3.63) is 56.5 Å². The molecule has 0 radical (unpaired) electrons. The molecule has 2 aromatic carbocycles. The Hall–Kier alpha value is -2.10. The highest BCUT2D eigenvalue weighted by Crippen LogP contribution is 2.31. The molecule has 0 aliphatic rings. The number of ether oxygens (including phenoxy) is 3. The lowest BCUT2D eigenvalue weighted by Gasteiger charge is -2.20. The van der Waals surface area contributed by atoms with E-state index in [1.54, 1.807) is 25.3 Å². The Morgan fingerprint density at radius 2 is 1.65 bits per heavy atom. The maximum Gasteiger partial charge on any atom is 0.276 e. The van der Waals surface area contributed by atoms with Crippen LogP contribution in [0.3, 0.4) is 0 Å². The molecule has 0 aliphatic heterocycles. The van der Waals surface area contributed by atoms with E-state index in [-0.39, 0.29) is 17.6 Å². The standard InChI is InChI=1S/C22H26Br2N2O5/c1-22(2,3)14-5-7-19(17(24)11-14)31-13-20(27)25-26-21(28)16-12-15(23)6-8-18(16)30-10-9-29-4/h5-8,11-12H,9-10,13H2,1-4H3,(H,25,27)(H,26,28). The molecule has 0 saturated carbocycles. The van der Waals surface area contributed by atoms with E-state index in [0.717, 1.165) is 10.0 Å². The first-order valence-electron chi connectivity index (χ1n) is 9.55. The second kappa shape index (κ2) is 11.5. The van der Waals surface area contributed by atoms with Crippen molar-refractivity contribution in [1.29, 1.82) is 0 Å². The SMILES string of the molecule is COCCOc1ccc(Br)cc1C(=O)NNC(=O)COc1ccc(C(C)(C)C)cc1Br. The van der Waals surface area contributed by atoms with Gasteiger partial charge < -0.3 is 14.2 Å². The van der Waals surface area contributed by atoms with Crippen LogP contribution in [0.15, 0.2) is 45.3 Å². The van der Waals surface area contributed by atoms with Gasteiger partial charge in [-0.3, -0.25) is 20.4 Å². The van der Waals surface area contributed by atoms with Crippen LogP contribution in [-0.2, 0) is 14.9 Å². The molecule has 7 nitrogen and oxygen atoms in total. The molecule has 0 bridgehead atoms. The number of hydrogen-bond donors (Lipinski definition) is 2. The van der Waals surface area contributed by atoms with Gasteiger partial charge in [-0.05, 0) is 57.2 Å². The van der Waals surface area contributed by atoms with Crippen molar-refractivity contribution >= 4 is 43.7 Å². The summed E-state index contributed by atoms with van der Waals surface area (Å²) in [5.41, 5.74) is 6.13. The summed E-state index contributed by atoms with van der Waals surface area (Å²) in [6.07, 6.45) is 0. The largest absolute Gasteiger partial charge is 0.490 e. The third-order valence-corrected chi connectivity index (χ3v) is 5.32. The lowest BCUT2D eigenvalue weighted by Crippen LogP contribution is -2.44. The van der Waals surface area contributed by atoms with Crippen molar-refractivity contribution in [3.8, 4) is 11.5 Å². The fraction of sp³-hybridized carbons (Fsp3) is 0.364. The van der Waals surface area contributed by atoms with Crippen LogP contribution >= 0.6 is 31.9 Å². The van der Waals surface area contributed by atoms with Gasteiger partial charge in [-0.15, -0.1) is 0 Å². The molecule has 0 fully saturated rings. The van der Waals surface area contributed by atoms with E-state index in [0.29, 0.717) is 29.2 Å². The summed E-state index contributed by atoms with van der Waals surface area (Å²) < 4.78 is 17.5. The Kier molecular flexibility index (Phi) is 9.33. The number of carbonyl (C=O) groups excluding carboxylic acids is 2. The minimum absolute atomic E-state index is 0.00126. The Morgan fingerprint density at radius 1 is 0.935 bits per heavy atom. The molecule has 0 heterocycles. The normalized spacial score (nSPS) is 11.0. The first kappa shape index (κ1) is 25.2. The van der Waals surface area contributed by atoms with Crippen molar-refractivity contribution in [2.75, 3.05) is 26.9 Å². The van der Waals surface area contributed by atoms with Crippen LogP contribution in [0.4, 0.5) is 0 Å². The molecule has 31 heavy (non-hydrogen) atoms. The molecule has 168 valence electrons. The second-order valence-electron chi connectivity index (χ2n) is 7.67. The summed E-state index contributed by atoms with van der Waals surface area (Å²) in [7, 11) is 1.56. The summed E-state index contributed by atoms with van der Waals surface area (Å²) >= 11 is 6.80. The first-order valence-corrected chi connectivity index (χ1v) is 11.1. The maximum atomic E-state index is 12.5. The van der Waals surface area contributed by atoms with Crippen molar-refractivity contribution < 1.29 is 23.8 Å². The summed E-state index contributed by atoms with van der Waals surface area (Å²) in [4.78, 5) is 24.6. The quantitative estimate of drug-likeness (QED) is 0.372. The number of amides is 2. The topological polar surface area (TPSA) is 85.9 Å². The molecule has 9 heteroatoms. The van der Waals surface area contributed by atoms with Gasteiger partial charge in [-0.2, -0.15) is 0 Å². The van der Waals surface area contributed by atoms with Crippen LogP contribution < -0.4 is 20.3 Å². The van der Waals surface area contributed by atoms with Gasteiger partial charge in [0.2, 0.25) is 0 Å². The van der Waals surface area contributed by atoms with E-state index in [1.165, 1.54) is 0 Å². The average molecular weight is 558 g/mol. The van der Waals surface area contributed by atoms with Gasteiger partial charge in [0.05, 0.1) is 16.6 Å². The van der Waals surface area contributed by atoms with Crippen LogP contribution in [0, 0.1) is 0 Å². The smallest absolute Gasteiger partial charge is 0.276 e. The Morgan fingerprint density at radius 3 is 2.29 bits per heavy atom. The van der Waals surface area contributed by atoms with Crippen LogP contribution in [0.25, 0.3) is 0 Å². The molecule has 2 N–H and O–H groups in total. The number of benzene rings is 2. The predicted molar refractivity (Wildman–Crippen MR) is 125 cm³/mol. The van der Waals surface area contributed by atoms with E-state index >= 15 is 0 Å². The van der Waals surface area contributed by atoms with Gasteiger partial charge in [0.1, 0.15) is 18.1 Å². The zero-order chi connectivity index (χ0) is 23.0. The molecular weight excluding hydrogens is 532 g/mol. The van der Waals surface area contributed by atoms with Crippen molar-refractivity contribution in [2.45, 2.75) is 26.2 Å². The maximum absolute atomic E-state index is 12.5. The molecule has 0 spiro atoms. The number of rotatable bonds is 8. The predicted octanol–water partition coefficient (Wildman–Crippen LogP) is 4.37. The highest BCUT2D eigenvalue weighted by atomic mass is 79.9. The summed E-state index contributed by atoms with van der Waals surface area (Å²) in [5.74, 6) is -0.101. The molecule has 2 amide bonds. The first-order chi connectivity index (χ1) is 14.6. The minimum Gasteiger partial charge on any atom is -0.490 e. The van der Waals surface area contributed by atoms with Gasteiger partial charge in [-0.25, -0.2) is 0 Å². The monoisotopic (exact) mass is 556 g/mol. The van der Waals surface area contributed by atoms with Crippen LogP contribution in [0.1, 0.15) is 36.7 Å². The average Bonchev–Trinajstić information content (AvgIpc) is 2.71. The van der Waals surface area contributed by atoms with E-state index in [2.05, 4.69) is 63.5 Å². The number of hydrogen-bond acceptors (Lipinski definition) is 5. The van der Waals surface area contributed by atoms with Gasteiger partial charge >= 0.3 is 0 Å². The second-order valence-corrected chi connectivity index (χ2v) is 9.44. The molecule has 0 unspecified atom stereocenters. The molecule has 0 aliphatic carbocycles.